The van der Waals surface area contributed by atoms with Gasteiger partial charge in [-0.3, -0.25) is 0 Å². The van der Waals surface area contributed by atoms with Crippen LogP contribution in [0.15, 0.2) is 54.9 Å². The largest absolute Gasteiger partial charge is 0.584 e. The van der Waals surface area contributed by atoms with Crippen LogP contribution in [0.1, 0.15) is 64.2 Å². The number of alkyl halides is 3. The van der Waals surface area contributed by atoms with E-state index in [0.29, 0.717) is 23.0 Å². The van der Waals surface area contributed by atoms with Gasteiger partial charge in [-0.2, -0.15) is 18.3 Å². The number of rotatable bonds is 0. The summed E-state index contributed by atoms with van der Waals surface area (Å²) in [6.45, 7) is 14.6. The zero-order valence-electron chi connectivity index (χ0n) is 23.5. The van der Waals surface area contributed by atoms with Gasteiger partial charge in [0.05, 0.1) is 5.39 Å². The Morgan fingerprint density at radius 2 is 1.45 bits per heavy atom. The Morgan fingerprint density at radius 3 is 2.12 bits per heavy atom. The SMILES string of the molecule is Cc1nc2n(n1)C1(n3nc(C(F)(F)F)cc3-c3c4ccc(C(C)(C)C)cc4cc[n+]31)[n+]1ccc(C(C)(C)C)cc1-2. The molecule has 7 rings (SSSR count). The van der Waals surface area contributed by atoms with Gasteiger partial charge in [0.15, 0.2) is 23.8 Å². The highest BCUT2D eigenvalue weighted by Crippen LogP contribution is 2.43. The van der Waals surface area contributed by atoms with Crippen molar-refractivity contribution in [2.75, 3.05) is 0 Å². The fourth-order valence-corrected chi connectivity index (χ4v) is 5.97. The van der Waals surface area contributed by atoms with E-state index in [4.69, 9.17) is 10.1 Å². The first-order valence-electron chi connectivity index (χ1n) is 13.3. The molecule has 1 spiro atoms. The molecule has 0 amide bonds. The van der Waals surface area contributed by atoms with Gasteiger partial charge in [-0.05, 0) is 40.3 Å². The summed E-state index contributed by atoms with van der Waals surface area (Å²) in [4.78, 5) is 4.73. The molecule has 1 atom stereocenters. The second kappa shape index (κ2) is 7.35. The minimum absolute atomic E-state index is 0.0784. The highest BCUT2D eigenvalue weighted by molar-refractivity contribution is 5.93. The molecule has 0 fully saturated rings. The molecule has 1 aromatic carbocycles. The number of nitrogens with zero attached hydrogens (tertiary/aromatic N) is 7. The van der Waals surface area contributed by atoms with Gasteiger partial charge in [-0.1, -0.05) is 67.5 Å². The van der Waals surface area contributed by atoms with Crippen molar-refractivity contribution < 1.29 is 22.3 Å². The predicted molar refractivity (Wildman–Crippen MR) is 142 cm³/mol. The Morgan fingerprint density at radius 1 is 0.775 bits per heavy atom. The first-order valence-corrected chi connectivity index (χ1v) is 13.3. The lowest BCUT2D eigenvalue weighted by molar-refractivity contribution is -0.990. The molecule has 7 nitrogen and oxygen atoms in total. The highest BCUT2D eigenvalue weighted by atomic mass is 19.4. The first kappa shape index (κ1) is 24.9. The Balaban J connectivity index is 1.63. The van der Waals surface area contributed by atoms with E-state index in [1.54, 1.807) is 11.6 Å². The lowest BCUT2D eigenvalue weighted by atomic mass is 9.86. The van der Waals surface area contributed by atoms with Gasteiger partial charge in [0, 0.05) is 24.3 Å². The molecule has 6 heterocycles. The van der Waals surface area contributed by atoms with Crippen LogP contribution in [0.5, 0.6) is 0 Å². The van der Waals surface area contributed by atoms with E-state index < -0.39 is 17.8 Å². The monoisotopic (exact) mass is 545 g/mol. The van der Waals surface area contributed by atoms with E-state index in [-0.39, 0.29) is 10.8 Å². The van der Waals surface area contributed by atoms with Crippen molar-refractivity contribution in [1.82, 2.24) is 24.5 Å². The summed E-state index contributed by atoms with van der Waals surface area (Å²) in [6, 6.07) is 13.4. The lowest BCUT2D eigenvalue weighted by Crippen LogP contribution is -2.77. The van der Waals surface area contributed by atoms with E-state index in [1.165, 1.54) is 4.68 Å². The van der Waals surface area contributed by atoms with Crippen LogP contribution in [0.4, 0.5) is 13.2 Å². The van der Waals surface area contributed by atoms with Crippen LogP contribution in [-0.2, 0) is 22.9 Å². The van der Waals surface area contributed by atoms with Crippen molar-refractivity contribution in [1.29, 1.82) is 0 Å². The summed E-state index contributed by atoms with van der Waals surface area (Å²) < 4.78 is 49.5. The van der Waals surface area contributed by atoms with Crippen LogP contribution in [-0.4, -0.2) is 24.5 Å². The highest BCUT2D eigenvalue weighted by Gasteiger charge is 2.71. The molecule has 40 heavy (non-hydrogen) atoms. The molecule has 10 heteroatoms. The summed E-state index contributed by atoms with van der Waals surface area (Å²) in [5.41, 5.74) is 2.81. The zero-order valence-corrected chi connectivity index (χ0v) is 23.5. The number of aryl methyl sites for hydroxylation is 1. The average molecular weight is 546 g/mol. The molecular formula is C30H30F3N7+2. The number of aromatic nitrogens is 7. The molecule has 0 bridgehead atoms. The molecule has 1 unspecified atom stereocenters. The van der Waals surface area contributed by atoms with E-state index in [9.17, 15) is 13.2 Å². The third-order valence-electron chi connectivity index (χ3n) is 8.04. The van der Waals surface area contributed by atoms with Gasteiger partial charge in [0.2, 0.25) is 11.5 Å². The summed E-state index contributed by atoms with van der Waals surface area (Å²) in [6.07, 6.45) is -0.779. The van der Waals surface area contributed by atoms with Crippen molar-refractivity contribution in [2.45, 2.75) is 71.4 Å². The maximum Gasteiger partial charge on any atom is 0.584 e. The van der Waals surface area contributed by atoms with E-state index in [2.05, 4.69) is 64.8 Å². The maximum absolute atomic E-state index is 14.1. The summed E-state index contributed by atoms with van der Waals surface area (Å²) in [5.74, 6) is -0.300. The molecule has 0 aliphatic carbocycles. The van der Waals surface area contributed by atoms with Crippen molar-refractivity contribution in [3.63, 3.8) is 0 Å². The molecule has 2 aliphatic heterocycles. The number of hydrogen-bond acceptors (Lipinski definition) is 3. The third-order valence-corrected chi connectivity index (χ3v) is 8.04. The fourth-order valence-electron chi connectivity index (χ4n) is 5.97. The van der Waals surface area contributed by atoms with Crippen molar-refractivity contribution in [3.05, 3.63) is 77.5 Å². The smallest absolute Gasteiger partial charge is 0.206 e. The minimum Gasteiger partial charge on any atom is -0.206 e. The van der Waals surface area contributed by atoms with Gasteiger partial charge < -0.3 is 0 Å². The van der Waals surface area contributed by atoms with Crippen LogP contribution in [0.3, 0.4) is 0 Å². The molecule has 0 radical (unpaired) electrons. The molecule has 4 aromatic heterocycles. The Labute approximate surface area is 229 Å². The molecule has 0 N–H and O–H groups in total. The Hall–Kier alpha value is -4.08. The summed E-state index contributed by atoms with van der Waals surface area (Å²) in [7, 11) is 0. The number of halogens is 3. The van der Waals surface area contributed by atoms with E-state index >= 15 is 0 Å². The van der Waals surface area contributed by atoms with Crippen molar-refractivity contribution in [3.8, 4) is 22.9 Å². The molecule has 204 valence electrons. The number of pyridine rings is 2. The van der Waals surface area contributed by atoms with Crippen molar-refractivity contribution >= 4 is 10.8 Å². The second-order valence-electron chi connectivity index (χ2n) is 12.8. The number of benzene rings is 1. The summed E-state index contributed by atoms with van der Waals surface area (Å²) >= 11 is 0. The average Bonchev–Trinajstić information content (AvgIpc) is 3.58. The summed E-state index contributed by atoms with van der Waals surface area (Å²) in [5, 5.41) is 10.7. The lowest BCUT2D eigenvalue weighted by Gasteiger charge is -2.20. The van der Waals surface area contributed by atoms with Crippen LogP contribution in [0.2, 0.25) is 0 Å². The maximum atomic E-state index is 14.1. The minimum atomic E-state index is -4.61. The van der Waals surface area contributed by atoms with Crippen molar-refractivity contribution in [2.24, 2.45) is 0 Å². The molecule has 2 aliphatic rings. The second-order valence-corrected chi connectivity index (χ2v) is 12.8. The molecule has 0 saturated carbocycles. The normalized spacial score (nSPS) is 17.9. The molecule has 0 saturated heterocycles. The zero-order chi connectivity index (χ0) is 28.6. The predicted octanol–water partition coefficient (Wildman–Crippen LogP) is 5.30. The van der Waals surface area contributed by atoms with Gasteiger partial charge in [0.1, 0.15) is 5.82 Å². The third kappa shape index (κ3) is 3.10. The van der Waals surface area contributed by atoms with E-state index in [0.717, 1.165) is 33.7 Å². The van der Waals surface area contributed by atoms with Crippen LogP contribution < -0.4 is 9.13 Å². The van der Waals surface area contributed by atoms with Crippen LogP contribution in [0, 0.1) is 6.92 Å². The fraction of sp³-hybridized carbons (Fsp3) is 0.367. The van der Waals surface area contributed by atoms with Crippen LogP contribution >= 0.6 is 0 Å². The molecular weight excluding hydrogens is 515 g/mol. The van der Waals surface area contributed by atoms with Gasteiger partial charge >= 0.3 is 12.1 Å². The standard InChI is InChI=1S/C30H30F3N7/c1-17-34-26-23-15-20(28(5,6)7)11-13-37(23)30(40(26)35-17)38-12-10-18-14-19(27(2,3)4)8-9-21(18)25(38)22-16-24(29(31,32)33)36-39(22)30/h8-16H,1-7H3/q+2. The van der Waals surface area contributed by atoms with Gasteiger partial charge in [-0.15, -0.1) is 9.78 Å². The quantitative estimate of drug-likeness (QED) is 0.243. The van der Waals surface area contributed by atoms with Gasteiger partial charge in [0.25, 0.3) is 5.69 Å². The van der Waals surface area contributed by atoms with Crippen LogP contribution in [0.25, 0.3) is 33.7 Å². The topological polar surface area (TPSA) is 56.3 Å². The molecule has 5 aromatic rings. The number of hydrogen-bond donors (Lipinski definition) is 0. The van der Waals surface area contributed by atoms with E-state index in [1.807, 2.05) is 39.7 Å². The Bertz CT molecular complexity index is 1880. The first-order chi connectivity index (χ1) is 18.6. The number of fused-ring (bicyclic) bond motifs is 12. The van der Waals surface area contributed by atoms with Gasteiger partial charge in [-0.25, -0.2) is 4.98 Å². The Kier molecular flexibility index (Phi) is 4.58.